The van der Waals surface area contributed by atoms with E-state index in [0.717, 1.165) is 50.4 Å². The van der Waals surface area contributed by atoms with Crippen LogP contribution in [0.3, 0.4) is 0 Å². The van der Waals surface area contributed by atoms with Gasteiger partial charge in [-0.25, -0.2) is 4.98 Å². The fourth-order valence-corrected chi connectivity index (χ4v) is 2.67. The molecular weight excluding hydrogens is 300 g/mol. The molecule has 1 fully saturated rings. The molecule has 1 saturated heterocycles. The molecule has 0 atom stereocenters. The van der Waals surface area contributed by atoms with E-state index in [1.807, 2.05) is 18.3 Å². The predicted octanol–water partition coefficient (Wildman–Crippen LogP) is 1.97. The fraction of sp³-hybridized carbons (Fsp3) is 0.625. The van der Waals surface area contributed by atoms with E-state index in [0.29, 0.717) is 6.54 Å². The van der Waals surface area contributed by atoms with Gasteiger partial charge < -0.3 is 15.5 Å². The molecule has 0 unspecified atom stereocenters. The normalized spacial score (nSPS) is 15.0. The Morgan fingerprint density at radius 2 is 2.00 bits per heavy atom. The topological polar surface area (TPSA) is 57.3 Å². The average molecular weight is 327 g/mol. The number of piperidine rings is 1. The summed E-state index contributed by atoms with van der Waals surface area (Å²) in [6.07, 6.45) is 3.73. The molecule has 0 aliphatic carbocycles. The minimum atomic E-state index is 0. The summed E-state index contributed by atoms with van der Waals surface area (Å²) in [7, 11) is 0. The summed E-state index contributed by atoms with van der Waals surface area (Å²) in [5.74, 6) is 1.33. The van der Waals surface area contributed by atoms with E-state index >= 15 is 0 Å². The van der Waals surface area contributed by atoms with Crippen LogP contribution in [-0.4, -0.2) is 37.1 Å². The number of hydrogen-bond acceptors (Lipinski definition) is 4. The first kappa shape index (κ1) is 18.7. The van der Waals surface area contributed by atoms with Crippen molar-refractivity contribution in [3.05, 3.63) is 23.9 Å². The lowest BCUT2D eigenvalue weighted by molar-refractivity contribution is -0.125. The van der Waals surface area contributed by atoms with Gasteiger partial charge in [-0.05, 0) is 51.4 Å². The summed E-state index contributed by atoms with van der Waals surface area (Å²) < 4.78 is 0. The van der Waals surface area contributed by atoms with Crippen molar-refractivity contribution < 1.29 is 4.79 Å². The molecule has 1 aliphatic rings. The fourth-order valence-electron chi connectivity index (χ4n) is 2.67. The third-order valence-corrected chi connectivity index (χ3v) is 4.07. The monoisotopic (exact) mass is 326 g/mol. The van der Waals surface area contributed by atoms with Crippen molar-refractivity contribution in [1.82, 2.24) is 15.6 Å². The Balaban J connectivity index is 0.00000242. The van der Waals surface area contributed by atoms with Crippen molar-refractivity contribution in [2.24, 2.45) is 5.92 Å². The third kappa shape index (κ3) is 5.14. The number of hydrogen-bond donors (Lipinski definition) is 2. The number of nitrogens with one attached hydrogen (secondary N) is 2. The highest BCUT2D eigenvalue weighted by Gasteiger charge is 2.20. The van der Waals surface area contributed by atoms with Gasteiger partial charge in [-0.3, -0.25) is 4.79 Å². The summed E-state index contributed by atoms with van der Waals surface area (Å²) in [6.45, 7) is 8.60. The molecule has 0 spiro atoms. The van der Waals surface area contributed by atoms with Crippen molar-refractivity contribution in [1.29, 1.82) is 0 Å². The Kier molecular flexibility index (Phi) is 8.20. The van der Waals surface area contributed by atoms with Gasteiger partial charge in [-0.2, -0.15) is 0 Å². The first-order chi connectivity index (χ1) is 10.2. The van der Waals surface area contributed by atoms with Crippen LogP contribution in [0.15, 0.2) is 18.3 Å². The second kappa shape index (κ2) is 9.64. The maximum atomic E-state index is 12.1. The molecule has 1 aromatic rings. The smallest absolute Gasteiger partial charge is 0.223 e. The first-order valence-electron chi connectivity index (χ1n) is 7.92. The van der Waals surface area contributed by atoms with Gasteiger partial charge in [0.1, 0.15) is 5.82 Å². The van der Waals surface area contributed by atoms with Crippen LogP contribution in [0.5, 0.6) is 0 Å². The number of halogens is 1. The Morgan fingerprint density at radius 3 is 2.55 bits per heavy atom. The van der Waals surface area contributed by atoms with Crippen LogP contribution in [0.2, 0.25) is 0 Å². The minimum Gasteiger partial charge on any atom is -0.357 e. The van der Waals surface area contributed by atoms with E-state index < -0.39 is 0 Å². The largest absolute Gasteiger partial charge is 0.357 e. The molecule has 1 aromatic heterocycles. The van der Waals surface area contributed by atoms with Crippen LogP contribution in [0.1, 0.15) is 32.3 Å². The number of aromatic nitrogens is 1. The lowest BCUT2D eigenvalue weighted by Gasteiger charge is -2.22. The van der Waals surface area contributed by atoms with Crippen molar-refractivity contribution in [3.63, 3.8) is 0 Å². The van der Waals surface area contributed by atoms with Gasteiger partial charge in [0, 0.05) is 31.7 Å². The third-order valence-electron chi connectivity index (χ3n) is 4.07. The quantitative estimate of drug-likeness (QED) is 0.839. The maximum absolute atomic E-state index is 12.1. The molecule has 22 heavy (non-hydrogen) atoms. The van der Waals surface area contributed by atoms with E-state index in [4.69, 9.17) is 0 Å². The zero-order chi connectivity index (χ0) is 15.1. The number of carbonyl (C=O) groups is 1. The molecule has 2 heterocycles. The molecule has 124 valence electrons. The maximum Gasteiger partial charge on any atom is 0.223 e. The number of amides is 1. The van der Waals surface area contributed by atoms with Crippen molar-refractivity contribution in [2.45, 2.75) is 33.2 Å². The molecule has 0 radical (unpaired) electrons. The van der Waals surface area contributed by atoms with Gasteiger partial charge in [-0.1, -0.05) is 6.07 Å². The molecule has 5 nitrogen and oxygen atoms in total. The zero-order valence-corrected chi connectivity index (χ0v) is 14.3. The first-order valence-corrected chi connectivity index (χ1v) is 7.92. The highest BCUT2D eigenvalue weighted by Crippen LogP contribution is 2.13. The Morgan fingerprint density at radius 1 is 1.32 bits per heavy atom. The molecule has 2 N–H and O–H groups in total. The number of nitrogens with zero attached hydrogens (tertiary/aromatic N) is 2. The standard InChI is InChI=1S/C16H26N4O.ClH/c1-3-20(4-2)15-6-5-13(11-18-15)12-19-16(21)14-7-9-17-10-8-14;/h5-6,11,14,17H,3-4,7-10,12H2,1-2H3,(H,19,21);1H. The van der Waals surface area contributed by atoms with Gasteiger partial charge in [-0.15, -0.1) is 12.4 Å². The van der Waals surface area contributed by atoms with Gasteiger partial charge in [0.25, 0.3) is 0 Å². The second-order valence-electron chi connectivity index (χ2n) is 5.44. The summed E-state index contributed by atoms with van der Waals surface area (Å²) in [4.78, 5) is 18.8. The molecular formula is C16H27ClN4O. The van der Waals surface area contributed by atoms with Crippen LogP contribution < -0.4 is 15.5 Å². The van der Waals surface area contributed by atoms with Crippen LogP contribution in [0, 0.1) is 5.92 Å². The number of anilines is 1. The summed E-state index contributed by atoms with van der Waals surface area (Å²) >= 11 is 0. The summed E-state index contributed by atoms with van der Waals surface area (Å²) in [5, 5.41) is 6.30. The number of pyridine rings is 1. The van der Waals surface area contributed by atoms with E-state index in [1.54, 1.807) is 0 Å². The van der Waals surface area contributed by atoms with E-state index in [2.05, 4.69) is 34.4 Å². The highest BCUT2D eigenvalue weighted by atomic mass is 35.5. The molecule has 6 heteroatoms. The molecule has 1 aliphatic heterocycles. The Bertz CT molecular complexity index is 442. The van der Waals surface area contributed by atoms with Crippen LogP contribution in [-0.2, 0) is 11.3 Å². The molecule has 2 rings (SSSR count). The Labute approximate surface area is 139 Å². The molecule has 0 saturated carbocycles. The lowest BCUT2D eigenvalue weighted by Crippen LogP contribution is -2.37. The zero-order valence-electron chi connectivity index (χ0n) is 13.5. The van der Waals surface area contributed by atoms with E-state index in [-0.39, 0.29) is 24.2 Å². The molecule has 1 amide bonds. The summed E-state index contributed by atoms with van der Waals surface area (Å²) in [6, 6.07) is 4.07. The second-order valence-corrected chi connectivity index (χ2v) is 5.44. The van der Waals surface area contributed by atoms with Crippen LogP contribution >= 0.6 is 12.4 Å². The number of rotatable bonds is 6. The highest BCUT2D eigenvalue weighted by molar-refractivity contribution is 5.85. The summed E-state index contributed by atoms with van der Waals surface area (Å²) in [5.41, 5.74) is 1.05. The van der Waals surface area contributed by atoms with Gasteiger partial charge in [0.2, 0.25) is 5.91 Å². The average Bonchev–Trinajstić information content (AvgIpc) is 2.55. The molecule has 0 bridgehead atoms. The van der Waals surface area contributed by atoms with E-state index in [9.17, 15) is 4.79 Å². The predicted molar refractivity (Wildman–Crippen MR) is 92.5 cm³/mol. The molecule has 0 aromatic carbocycles. The van der Waals surface area contributed by atoms with Crippen LogP contribution in [0.4, 0.5) is 5.82 Å². The van der Waals surface area contributed by atoms with Gasteiger partial charge in [0.15, 0.2) is 0 Å². The van der Waals surface area contributed by atoms with Crippen molar-refractivity contribution >= 4 is 24.1 Å². The van der Waals surface area contributed by atoms with E-state index in [1.165, 1.54) is 0 Å². The van der Waals surface area contributed by atoms with Gasteiger partial charge in [0.05, 0.1) is 0 Å². The van der Waals surface area contributed by atoms with Crippen molar-refractivity contribution in [3.8, 4) is 0 Å². The van der Waals surface area contributed by atoms with Gasteiger partial charge >= 0.3 is 0 Å². The lowest BCUT2D eigenvalue weighted by atomic mass is 9.97. The Hall–Kier alpha value is -1.33. The van der Waals surface area contributed by atoms with Crippen LogP contribution in [0.25, 0.3) is 0 Å². The minimum absolute atomic E-state index is 0. The number of carbonyl (C=O) groups excluding carboxylic acids is 1. The van der Waals surface area contributed by atoms with Crippen molar-refractivity contribution in [2.75, 3.05) is 31.1 Å². The SMILES string of the molecule is CCN(CC)c1ccc(CNC(=O)C2CCNCC2)cn1.Cl.